The van der Waals surface area contributed by atoms with E-state index in [1.165, 1.54) is 0 Å². The van der Waals surface area contributed by atoms with Gasteiger partial charge in [-0.2, -0.15) is 5.10 Å². The zero-order chi connectivity index (χ0) is 18.0. The fraction of sp³-hybridized carbons (Fsp3) is 0.500. The lowest BCUT2D eigenvalue weighted by Crippen LogP contribution is -2.43. The van der Waals surface area contributed by atoms with E-state index in [-0.39, 0.29) is 11.8 Å². The van der Waals surface area contributed by atoms with Crippen molar-refractivity contribution in [2.75, 3.05) is 25.9 Å². The summed E-state index contributed by atoms with van der Waals surface area (Å²) in [5.41, 5.74) is 0.551. The maximum atomic E-state index is 13.0. The van der Waals surface area contributed by atoms with Crippen LogP contribution in [-0.2, 0) is 17.1 Å². The summed E-state index contributed by atoms with van der Waals surface area (Å²) in [5.74, 6) is 0.784. The number of hydrogen-bond acceptors (Lipinski definition) is 4. The van der Waals surface area contributed by atoms with Crippen LogP contribution >= 0.6 is 0 Å². The third-order valence-electron chi connectivity index (χ3n) is 4.43. The molecular weight excluding hydrogens is 342 g/mol. The Hall–Kier alpha value is -2.13. The Morgan fingerprint density at radius 3 is 2.76 bits per heavy atom. The van der Waals surface area contributed by atoms with Crippen LogP contribution in [0.25, 0.3) is 5.82 Å². The molecule has 1 fully saturated rings. The zero-order valence-corrected chi connectivity index (χ0v) is 15.2. The summed E-state index contributed by atoms with van der Waals surface area (Å²) in [7, 11) is -1.41. The van der Waals surface area contributed by atoms with Gasteiger partial charge in [-0.15, -0.1) is 0 Å². The van der Waals surface area contributed by atoms with Crippen molar-refractivity contribution in [2.45, 2.75) is 12.8 Å². The van der Waals surface area contributed by atoms with Gasteiger partial charge in [0, 0.05) is 39.1 Å². The average Bonchev–Trinajstić information content (AvgIpc) is 3.21. The summed E-state index contributed by atoms with van der Waals surface area (Å²) in [6.45, 7) is 1.58. The van der Waals surface area contributed by atoms with Crippen LogP contribution < -0.4 is 4.72 Å². The molecule has 3 heterocycles. The van der Waals surface area contributed by atoms with Crippen molar-refractivity contribution in [3.05, 3.63) is 36.3 Å². The molecule has 2 aromatic rings. The van der Waals surface area contributed by atoms with Crippen molar-refractivity contribution in [1.29, 1.82) is 0 Å². The molecule has 0 saturated carbocycles. The second kappa shape index (κ2) is 7.01. The van der Waals surface area contributed by atoms with E-state index in [1.54, 1.807) is 22.8 Å². The molecule has 1 atom stereocenters. The van der Waals surface area contributed by atoms with Crippen molar-refractivity contribution in [3.63, 3.8) is 0 Å². The van der Waals surface area contributed by atoms with E-state index in [2.05, 4.69) is 9.82 Å². The maximum Gasteiger partial charge on any atom is 0.259 e. The molecule has 1 aliphatic rings. The molecule has 25 heavy (non-hydrogen) atoms. The smallest absolute Gasteiger partial charge is 0.259 e. The van der Waals surface area contributed by atoms with Crippen LogP contribution in [0.3, 0.4) is 0 Å². The van der Waals surface area contributed by atoms with E-state index in [4.69, 9.17) is 0 Å². The summed E-state index contributed by atoms with van der Waals surface area (Å²) in [4.78, 5) is 14.8. The summed E-state index contributed by atoms with van der Waals surface area (Å²) in [5, 5.41) is 4.23. The SMILES string of the molecule is Cn1ncc(C(=O)N2CCCC(CNS(C)(=O)=O)C2)c1-n1cccc1. The fourth-order valence-electron chi connectivity index (χ4n) is 3.22. The largest absolute Gasteiger partial charge is 0.338 e. The molecule has 0 bridgehead atoms. The van der Waals surface area contributed by atoms with Gasteiger partial charge in [-0.3, -0.25) is 9.48 Å². The van der Waals surface area contributed by atoms with Crippen molar-refractivity contribution >= 4 is 15.9 Å². The van der Waals surface area contributed by atoms with Crippen LogP contribution in [0.5, 0.6) is 0 Å². The van der Waals surface area contributed by atoms with Gasteiger partial charge in [-0.05, 0) is 30.9 Å². The summed E-state index contributed by atoms with van der Waals surface area (Å²) < 4.78 is 28.7. The Bertz CT molecular complexity index is 841. The van der Waals surface area contributed by atoms with Crippen LogP contribution in [0.1, 0.15) is 23.2 Å². The van der Waals surface area contributed by atoms with Crippen LogP contribution in [0.4, 0.5) is 0 Å². The molecular formula is C16H23N5O3S. The highest BCUT2D eigenvalue weighted by Crippen LogP contribution is 2.21. The van der Waals surface area contributed by atoms with E-state index in [1.807, 2.05) is 29.1 Å². The Labute approximate surface area is 147 Å². The predicted molar refractivity (Wildman–Crippen MR) is 94.0 cm³/mol. The highest BCUT2D eigenvalue weighted by molar-refractivity contribution is 7.88. The summed E-state index contributed by atoms with van der Waals surface area (Å²) in [6.07, 6.45) is 8.27. The second-order valence-corrected chi connectivity index (χ2v) is 8.31. The third kappa shape index (κ3) is 4.10. The molecule has 9 heteroatoms. The Morgan fingerprint density at radius 2 is 2.08 bits per heavy atom. The van der Waals surface area contributed by atoms with Crippen LogP contribution in [-0.4, -0.2) is 59.5 Å². The molecule has 136 valence electrons. The normalized spacial score (nSPS) is 18.5. The minimum absolute atomic E-state index is 0.0687. The van der Waals surface area contributed by atoms with Crippen LogP contribution in [0, 0.1) is 5.92 Å². The van der Waals surface area contributed by atoms with Gasteiger partial charge >= 0.3 is 0 Å². The number of piperidine rings is 1. The van der Waals surface area contributed by atoms with Crippen LogP contribution in [0.15, 0.2) is 30.7 Å². The molecule has 1 saturated heterocycles. The highest BCUT2D eigenvalue weighted by Gasteiger charge is 2.28. The van der Waals surface area contributed by atoms with Gasteiger partial charge in [0.05, 0.1) is 12.5 Å². The van der Waals surface area contributed by atoms with Crippen molar-refractivity contribution < 1.29 is 13.2 Å². The number of amides is 1. The minimum Gasteiger partial charge on any atom is -0.338 e. The first-order valence-electron chi connectivity index (χ1n) is 8.24. The number of carbonyl (C=O) groups excluding carboxylic acids is 1. The van der Waals surface area contributed by atoms with Gasteiger partial charge in [0.25, 0.3) is 5.91 Å². The zero-order valence-electron chi connectivity index (χ0n) is 14.4. The molecule has 0 aliphatic carbocycles. The lowest BCUT2D eigenvalue weighted by atomic mass is 9.98. The molecule has 3 rings (SSSR count). The number of nitrogens with zero attached hydrogens (tertiary/aromatic N) is 4. The van der Waals surface area contributed by atoms with E-state index < -0.39 is 10.0 Å². The lowest BCUT2D eigenvalue weighted by Gasteiger charge is -2.32. The fourth-order valence-corrected chi connectivity index (χ4v) is 3.76. The Kier molecular flexibility index (Phi) is 4.96. The number of sulfonamides is 1. The predicted octanol–water partition coefficient (Wildman–Crippen LogP) is 0.612. The molecule has 1 amide bonds. The van der Waals surface area contributed by atoms with Gasteiger partial charge in [-0.25, -0.2) is 13.1 Å². The topological polar surface area (TPSA) is 89.2 Å². The second-order valence-electron chi connectivity index (χ2n) is 6.48. The number of likely N-dealkylation sites (tertiary alicyclic amines) is 1. The van der Waals surface area contributed by atoms with Crippen molar-refractivity contribution in [2.24, 2.45) is 13.0 Å². The Morgan fingerprint density at radius 1 is 1.36 bits per heavy atom. The quantitative estimate of drug-likeness (QED) is 0.841. The number of hydrogen-bond donors (Lipinski definition) is 1. The van der Waals surface area contributed by atoms with Crippen LogP contribution in [0.2, 0.25) is 0 Å². The number of aromatic nitrogens is 3. The molecule has 1 N–H and O–H groups in total. The molecule has 0 aromatic carbocycles. The van der Waals surface area contributed by atoms with Crippen molar-refractivity contribution in [3.8, 4) is 5.82 Å². The molecule has 0 radical (unpaired) electrons. The van der Waals surface area contributed by atoms with E-state index in [0.29, 0.717) is 25.2 Å². The van der Waals surface area contributed by atoms with Gasteiger partial charge in [0.2, 0.25) is 10.0 Å². The molecule has 1 unspecified atom stereocenters. The minimum atomic E-state index is -3.22. The monoisotopic (exact) mass is 365 g/mol. The standard InChI is InChI=1S/C16H23N5O3S/c1-19-15(20-7-3-4-8-20)14(11-17-19)16(22)21-9-5-6-13(12-21)10-18-25(2,23)24/h3-4,7-8,11,13,18H,5-6,9-10,12H2,1-2H3. The number of nitrogens with one attached hydrogen (secondary N) is 1. The summed E-state index contributed by atoms with van der Waals surface area (Å²) >= 11 is 0. The first kappa shape index (κ1) is 17.7. The van der Waals surface area contributed by atoms with Gasteiger partial charge in [0.1, 0.15) is 11.4 Å². The molecule has 0 spiro atoms. The van der Waals surface area contributed by atoms with Gasteiger partial charge < -0.3 is 9.47 Å². The lowest BCUT2D eigenvalue weighted by molar-refractivity contribution is 0.0676. The number of rotatable bonds is 5. The van der Waals surface area contributed by atoms with E-state index in [9.17, 15) is 13.2 Å². The van der Waals surface area contributed by atoms with E-state index in [0.717, 1.165) is 24.9 Å². The number of aryl methyl sites for hydroxylation is 1. The summed E-state index contributed by atoms with van der Waals surface area (Å²) in [6, 6.07) is 3.80. The van der Waals surface area contributed by atoms with Gasteiger partial charge in [-0.1, -0.05) is 0 Å². The molecule has 1 aliphatic heterocycles. The first-order chi connectivity index (χ1) is 11.8. The number of carbonyl (C=O) groups is 1. The Balaban J connectivity index is 1.75. The van der Waals surface area contributed by atoms with Gasteiger partial charge in [0.15, 0.2) is 0 Å². The highest BCUT2D eigenvalue weighted by atomic mass is 32.2. The van der Waals surface area contributed by atoms with Crippen molar-refractivity contribution in [1.82, 2.24) is 24.0 Å². The van der Waals surface area contributed by atoms with E-state index >= 15 is 0 Å². The average molecular weight is 365 g/mol. The molecule has 8 nitrogen and oxygen atoms in total. The third-order valence-corrected chi connectivity index (χ3v) is 5.12. The maximum absolute atomic E-state index is 13.0. The first-order valence-corrected chi connectivity index (χ1v) is 10.1. The molecule has 2 aromatic heterocycles.